The van der Waals surface area contributed by atoms with Crippen molar-refractivity contribution in [2.45, 2.75) is 32.7 Å². The first-order valence-corrected chi connectivity index (χ1v) is 7.91. The van der Waals surface area contributed by atoms with Crippen LogP contribution in [-0.2, 0) is 4.79 Å². The molecule has 0 aromatic carbocycles. The molecule has 120 valence electrons. The second kappa shape index (κ2) is 6.12. The Morgan fingerprint density at radius 1 is 1.23 bits per heavy atom. The summed E-state index contributed by atoms with van der Waals surface area (Å²) in [6.45, 7) is 6.87. The van der Waals surface area contributed by atoms with E-state index in [1.165, 1.54) is 0 Å². The third kappa shape index (κ3) is 3.50. The molecule has 0 unspecified atom stereocenters. The number of nitrogens with zero attached hydrogens (tertiary/aromatic N) is 2. The van der Waals surface area contributed by atoms with Crippen LogP contribution in [0, 0.1) is 13.8 Å². The summed E-state index contributed by atoms with van der Waals surface area (Å²) in [6.07, 6.45) is 2.22. The van der Waals surface area contributed by atoms with Crippen molar-refractivity contribution in [2.24, 2.45) is 0 Å². The summed E-state index contributed by atoms with van der Waals surface area (Å²) in [7, 11) is 0. The Hall–Kier alpha value is -1.82. The van der Waals surface area contributed by atoms with Gasteiger partial charge in [0.15, 0.2) is 0 Å². The summed E-state index contributed by atoms with van der Waals surface area (Å²) in [5.74, 6) is 1.56. The minimum absolute atomic E-state index is 0.0245. The van der Waals surface area contributed by atoms with E-state index in [0.717, 1.165) is 31.7 Å². The molecule has 22 heavy (non-hydrogen) atoms. The van der Waals surface area contributed by atoms with E-state index in [1.54, 1.807) is 6.07 Å². The molecule has 0 radical (unpaired) electrons. The van der Waals surface area contributed by atoms with Crippen LogP contribution in [0.2, 0.25) is 0 Å². The van der Waals surface area contributed by atoms with Gasteiger partial charge in [-0.15, -0.1) is 0 Å². The highest BCUT2D eigenvalue weighted by molar-refractivity contribution is 5.95. The minimum Gasteiger partial charge on any atom is -0.466 e. The quantitative estimate of drug-likeness (QED) is 0.899. The average Bonchev–Trinajstić information content (AvgIpc) is 3.22. The molecule has 2 heterocycles. The van der Waals surface area contributed by atoms with Crippen molar-refractivity contribution in [1.82, 2.24) is 15.1 Å². The number of carbonyl (C=O) groups is 2. The first kappa shape index (κ1) is 15.1. The molecule has 1 aliphatic heterocycles. The number of nitrogens with one attached hydrogen (secondary N) is 1. The first-order chi connectivity index (χ1) is 10.5. The molecule has 1 N–H and O–H groups in total. The fourth-order valence-electron chi connectivity index (χ4n) is 2.83. The van der Waals surface area contributed by atoms with E-state index in [9.17, 15) is 9.59 Å². The second-order valence-corrected chi connectivity index (χ2v) is 6.24. The highest BCUT2D eigenvalue weighted by Gasteiger charge is 2.27. The Labute approximate surface area is 130 Å². The summed E-state index contributed by atoms with van der Waals surface area (Å²) in [6, 6.07) is 2.20. The fraction of sp³-hybridized carbons (Fsp3) is 0.625. The zero-order valence-electron chi connectivity index (χ0n) is 13.2. The van der Waals surface area contributed by atoms with E-state index in [1.807, 2.05) is 18.7 Å². The van der Waals surface area contributed by atoms with Gasteiger partial charge in [0.1, 0.15) is 11.5 Å². The molecule has 6 heteroatoms. The Bertz CT molecular complexity index is 569. The summed E-state index contributed by atoms with van der Waals surface area (Å²) in [5.41, 5.74) is 0.650. The van der Waals surface area contributed by atoms with E-state index in [0.29, 0.717) is 37.0 Å². The van der Waals surface area contributed by atoms with Crippen LogP contribution in [0.1, 0.15) is 34.7 Å². The summed E-state index contributed by atoms with van der Waals surface area (Å²) in [4.78, 5) is 28.2. The van der Waals surface area contributed by atoms with Gasteiger partial charge in [0, 0.05) is 32.2 Å². The number of carbonyl (C=O) groups excluding carboxylic acids is 2. The Morgan fingerprint density at radius 2 is 1.91 bits per heavy atom. The number of amides is 2. The van der Waals surface area contributed by atoms with Crippen LogP contribution >= 0.6 is 0 Å². The number of aryl methyl sites for hydroxylation is 2. The van der Waals surface area contributed by atoms with Gasteiger partial charge in [-0.25, -0.2) is 0 Å². The number of hydrogen-bond donors (Lipinski definition) is 1. The van der Waals surface area contributed by atoms with Crippen molar-refractivity contribution in [3.63, 3.8) is 0 Å². The van der Waals surface area contributed by atoms with E-state index >= 15 is 0 Å². The average molecular weight is 305 g/mol. The molecule has 1 aliphatic carbocycles. The number of rotatable bonds is 4. The molecular weight excluding hydrogens is 282 g/mol. The number of piperazine rings is 1. The van der Waals surface area contributed by atoms with E-state index in [2.05, 4.69) is 10.2 Å². The highest BCUT2D eigenvalue weighted by Crippen LogP contribution is 2.19. The monoisotopic (exact) mass is 305 g/mol. The van der Waals surface area contributed by atoms with Crippen LogP contribution in [0.5, 0.6) is 0 Å². The third-order valence-corrected chi connectivity index (χ3v) is 4.24. The van der Waals surface area contributed by atoms with E-state index in [4.69, 9.17) is 4.42 Å². The van der Waals surface area contributed by atoms with Crippen molar-refractivity contribution in [3.05, 3.63) is 23.2 Å². The fourth-order valence-corrected chi connectivity index (χ4v) is 2.83. The van der Waals surface area contributed by atoms with Crippen LogP contribution < -0.4 is 5.32 Å². The summed E-state index contributed by atoms with van der Waals surface area (Å²) in [5, 5.41) is 3.00. The molecule has 2 amide bonds. The van der Waals surface area contributed by atoms with Gasteiger partial charge in [0.05, 0.1) is 12.1 Å². The lowest BCUT2D eigenvalue weighted by molar-refractivity contribution is -0.122. The smallest absolute Gasteiger partial charge is 0.257 e. The molecule has 1 saturated carbocycles. The normalized spacial score (nSPS) is 19.3. The lowest BCUT2D eigenvalue weighted by atomic mass is 10.2. The van der Waals surface area contributed by atoms with Gasteiger partial charge in [-0.05, 0) is 32.8 Å². The number of furan rings is 1. The molecule has 0 spiro atoms. The predicted molar refractivity (Wildman–Crippen MR) is 81.7 cm³/mol. The molecule has 6 nitrogen and oxygen atoms in total. The lowest BCUT2D eigenvalue weighted by Crippen LogP contribution is -2.51. The molecule has 2 aliphatic rings. The van der Waals surface area contributed by atoms with Crippen LogP contribution in [0.3, 0.4) is 0 Å². The van der Waals surface area contributed by atoms with Crippen molar-refractivity contribution in [2.75, 3.05) is 32.7 Å². The van der Waals surface area contributed by atoms with Crippen LogP contribution in [0.4, 0.5) is 0 Å². The maximum atomic E-state index is 12.5. The standard InChI is InChI=1S/C16H23N3O3/c1-11-9-14(12(2)22-11)16(21)19-7-5-18(6-8-19)10-15(20)17-13-3-4-13/h9,13H,3-8,10H2,1-2H3,(H,17,20). The zero-order chi connectivity index (χ0) is 15.7. The van der Waals surface area contributed by atoms with Crippen LogP contribution in [0.25, 0.3) is 0 Å². The Balaban J connectivity index is 1.49. The van der Waals surface area contributed by atoms with Gasteiger partial charge in [0.2, 0.25) is 5.91 Å². The summed E-state index contributed by atoms with van der Waals surface area (Å²) >= 11 is 0. The predicted octanol–water partition coefficient (Wildman–Crippen LogP) is 0.933. The maximum absolute atomic E-state index is 12.5. The van der Waals surface area contributed by atoms with Gasteiger partial charge >= 0.3 is 0 Å². The maximum Gasteiger partial charge on any atom is 0.257 e. The molecule has 2 fully saturated rings. The molecule has 3 rings (SSSR count). The first-order valence-electron chi connectivity index (χ1n) is 7.91. The van der Waals surface area contributed by atoms with Crippen molar-refractivity contribution in [3.8, 4) is 0 Å². The molecule has 1 aromatic rings. The molecule has 0 atom stereocenters. The molecule has 1 aromatic heterocycles. The van der Waals surface area contributed by atoms with Crippen molar-refractivity contribution < 1.29 is 14.0 Å². The van der Waals surface area contributed by atoms with Gasteiger partial charge in [-0.1, -0.05) is 0 Å². The SMILES string of the molecule is Cc1cc(C(=O)N2CCN(CC(=O)NC3CC3)CC2)c(C)o1. The zero-order valence-corrected chi connectivity index (χ0v) is 13.2. The number of hydrogen-bond acceptors (Lipinski definition) is 4. The lowest BCUT2D eigenvalue weighted by Gasteiger charge is -2.34. The minimum atomic E-state index is 0.0245. The molecule has 1 saturated heterocycles. The second-order valence-electron chi connectivity index (χ2n) is 6.24. The third-order valence-electron chi connectivity index (χ3n) is 4.24. The Morgan fingerprint density at radius 3 is 2.45 bits per heavy atom. The highest BCUT2D eigenvalue weighted by atomic mass is 16.3. The van der Waals surface area contributed by atoms with E-state index in [-0.39, 0.29) is 11.8 Å². The van der Waals surface area contributed by atoms with Crippen LogP contribution in [-0.4, -0.2) is 60.4 Å². The van der Waals surface area contributed by atoms with Crippen LogP contribution in [0.15, 0.2) is 10.5 Å². The van der Waals surface area contributed by atoms with E-state index < -0.39 is 0 Å². The molecular formula is C16H23N3O3. The topological polar surface area (TPSA) is 65.8 Å². The van der Waals surface area contributed by atoms with Gasteiger partial charge in [0.25, 0.3) is 5.91 Å². The Kier molecular flexibility index (Phi) is 4.20. The van der Waals surface area contributed by atoms with Gasteiger partial charge in [-0.3, -0.25) is 14.5 Å². The van der Waals surface area contributed by atoms with Gasteiger partial charge in [-0.2, -0.15) is 0 Å². The largest absolute Gasteiger partial charge is 0.466 e. The van der Waals surface area contributed by atoms with Crippen molar-refractivity contribution >= 4 is 11.8 Å². The van der Waals surface area contributed by atoms with Gasteiger partial charge < -0.3 is 14.6 Å². The molecule has 0 bridgehead atoms. The summed E-state index contributed by atoms with van der Waals surface area (Å²) < 4.78 is 5.43. The van der Waals surface area contributed by atoms with Crippen molar-refractivity contribution in [1.29, 1.82) is 0 Å².